The van der Waals surface area contributed by atoms with Gasteiger partial charge in [0, 0.05) is 11.1 Å². The summed E-state index contributed by atoms with van der Waals surface area (Å²) in [5.74, 6) is 1.14. The lowest BCUT2D eigenvalue weighted by atomic mass is 10.2. The van der Waals surface area contributed by atoms with Crippen molar-refractivity contribution in [3.8, 4) is 0 Å². The Morgan fingerprint density at radius 1 is 0.395 bits per heavy atom. The first-order chi connectivity index (χ1) is 18.8. The Kier molecular flexibility index (Phi) is 8.35. The van der Waals surface area contributed by atoms with Crippen LogP contribution < -0.4 is 0 Å². The Morgan fingerprint density at radius 2 is 0.711 bits per heavy atom. The molecule has 0 aliphatic heterocycles. The fourth-order valence-corrected chi connectivity index (χ4v) is 3.81. The number of aliphatic imine (C=N–C) groups is 2. The molecule has 0 heterocycles. The van der Waals surface area contributed by atoms with Gasteiger partial charge in [-0.3, -0.25) is 0 Å². The van der Waals surface area contributed by atoms with Gasteiger partial charge in [-0.2, -0.15) is 0 Å². The number of hydrogen-bond donors (Lipinski definition) is 0. The summed E-state index contributed by atoms with van der Waals surface area (Å²) in [6, 6.07) is 47.8. The number of nitrogens with zero attached hydrogens (tertiary/aromatic N) is 2. The summed E-state index contributed by atoms with van der Waals surface area (Å²) in [5, 5.41) is 0. The van der Waals surface area contributed by atoms with Crippen LogP contribution in [0.5, 0.6) is 0 Å². The highest BCUT2D eigenvalue weighted by Gasteiger charge is 2.08. The molecule has 5 aromatic carbocycles. The second-order valence-electron chi connectivity index (χ2n) is 8.63. The molecule has 38 heavy (non-hydrogen) atoms. The quantitative estimate of drug-likeness (QED) is 0.160. The molecule has 0 aliphatic rings. The zero-order valence-corrected chi connectivity index (χ0v) is 21.0. The van der Waals surface area contributed by atoms with Crippen molar-refractivity contribution in [1.29, 1.82) is 0 Å². The average Bonchev–Trinajstić information content (AvgIpc) is 3.00. The standard InChI is InChI=1S/C34H28N2O2/c1-5-13-27(14-6-1)25-37-33(29-17-9-3-10-18-29)35-31-21-23-32(24-22-31)36-34(30-19-11-4-12-20-30)38-26-28-15-7-2-8-16-28/h1-24H,25-26H2/b35-33-,36-34?. The normalized spacial score (nSPS) is 11.7. The number of rotatable bonds is 8. The zero-order chi connectivity index (χ0) is 25.8. The summed E-state index contributed by atoms with van der Waals surface area (Å²) in [6.07, 6.45) is 0. The van der Waals surface area contributed by atoms with Crippen LogP contribution in [-0.2, 0) is 22.7 Å². The van der Waals surface area contributed by atoms with Crippen LogP contribution in [0, 0.1) is 0 Å². The van der Waals surface area contributed by atoms with Gasteiger partial charge in [0.05, 0.1) is 11.4 Å². The lowest BCUT2D eigenvalue weighted by Crippen LogP contribution is -2.07. The van der Waals surface area contributed by atoms with Crippen molar-refractivity contribution < 1.29 is 9.47 Å². The van der Waals surface area contributed by atoms with E-state index in [0.29, 0.717) is 25.0 Å². The molecule has 0 amide bonds. The number of benzene rings is 5. The first-order valence-corrected chi connectivity index (χ1v) is 12.6. The van der Waals surface area contributed by atoms with E-state index in [-0.39, 0.29) is 0 Å². The molecule has 0 aliphatic carbocycles. The van der Waals surface area contributed by atoms with Crippen LogP contribution in [0.25, 0.3) is 0 Å². The first-order valence-electron chi connectivity index (χ1n) is 12.6. The Balaban J connectivity index is 1.37. The SMILES string of the molecule is c1ccc(COC(=Nc2ccc(/N=C(\OCc3ccccc3)c3ccccc3)cc2)c2ccccc2)cc1. The molecule has 0 saturated heterocycles. The molecule has 186 valence electrons. The van der Waals surface area contributed by atoms with Gasteiger partial charge in [0.25, 0.3) is 0 Å². The Morgan fingerprint density at radius 3 is 1.05 bits per heavy atom. The maximum absolute atomic E-state index is 6.15. The molecule has 4 heteroatoms. The molecule has 5 aromatic rings. The summed E-state index contributed by atoms with van der Waals surface area (Å²) in [7, 11) is 0. The van der Waals surface area contributed by atoms with Gasteiger partial charge in [0.1, 0.15) is 13.2 Å². The smallest absolute Gasteiger partial charge is 0.221 e. The maximum atomic E-state index is 6.15. The first kappa shape index (κ1) is 24.7. The van der Waals surface area contributed by atoms with Gasteiger partial charge in [-0.1, -0.05) is 97.1 Å². The molecule has 0 aromatic heterocycles. The number of ether oxygens (including phenoxy) is 2. The Bertz CT molecular complexity index is 1350. The number of hydrogen-bond acceptors (Lipinski definition) is 4. The predicted octanol–water partition coefficient (Wildman–Crippen LogP) is 8.28. The van der Waals surface area contributed by atoms with Gasteiger partial charge < -0.3 is 9.47 Å². The molecular weight excluding hydrogens is 468 g/mol. The van der Waals surface area contributed by atoms with Gasteiger partial charge in [-0.25, -0.2) is 9.98 Å². The summed E-state index contributed by atoms with van der Waals surface area (Å²) < 4.78 is 12.3. The third-order valence-corrected chi connectivity index (χ3v) is 5.79. The van der Waals surface area contributed by atoms with E-state index in [0.717, 1.165) is 33.6 Å². The third-order valence-electron chi connectivity index (χ3n) is 5.79. The van der Waals surface area contributed by atoms with Crippen LogP contribution in [-0.4, -0.2) is 11.8 Å². The molecule has 0 fully saturated rings. The van der Waals surface area contributed by atoms with Crippen molar-refractivity contribution in [3.63, 3.8) is 0 Å². The van der Waals surface area contributed by atoms with Crippen LogP contribution in [0.2, 0.25) is 0 Å². The summed E-state index contributed by atoms with van der Waals surface area (Å²) >= 11 is 0. The van der Waals surface area contributed by atoms with E-state index in [1.54, 1.807) is 0 Å². The van der Waals surface area contributed by atoms with Gasteiger partial charge in [-0.15, -0.1) is 0 Å². The molecule has 0 N–H and O–H groups in total. The molecule has 0 saturated carbocycles. The van der Waals surface area contributed by atoms with Crippen LogP contribution in [0.3, 0.4) is 0 Å². The van der Waals surface area contributed by atoms with Crippen LogP contribution in [0.1, 0.15) is 22.3 Å². The Hall–Kier alpha value is -4.96. The molecule has 0 bridgehead atoms. The molecule has 4 nitrogen and oxygen atoms in total. The van der Waals surface area contributed by atoms with Crippen molar-refractivity contribution >= 4 is 23.2 Å². The summed E-state index contributed by atoms with van der Waals surface area (Å²) in [4.78, 5) is 9.63. The van der Waals surface area contributed by atoms with Crippen molar-refractivity contribution in [2.45, 2.75) is 13.2 Å². The van der Waals surface area contributed by atoms with Gasteiger partial charge in [0.2, 0.25) is 11.8 Å². The third kappa shape index (κ3) is 7.05. The second-order valence-corrected chi connectivity index (χ2v) is 8.63. The van der Waals surface area contributed by atoms with E-state index >= 15 is 0 Å². The largest absolute Gasteiger partial charge is 0.472 e. The van der Waals surface area contributed by atoms with E-state index in [2.05, 4.69) is 0 Å². The van der Waals surface area contributed by atoms with E-state index in [4.69, 9.17) is 19.5 Å². The highest BCUT2D eigenvalue weighted by Crippen LogP contribution is 2.22. The minimum Gasteiger partial charge on any atom is -0.472 e. The van der Waals surface area contributed by atoms with Crippen molar-refractivity contribution in [2.24, 2.45) is 9.98 Å². The van der Waals surface area contributed by atoms with Gasteiger partial charge in [0.15, 0.2) is 0 Å². The Labute approximate surface area is 223 Å². The minimum absolute atomic E-state index is 0.441. The fourth-order valence-electron chi connectivity index (χ4n) is 3.81. The minimum atomic E-state index is 0.441. The molecule has 0 unspecified atom stereocenters. The van der Waals surface area contributed by atoms with Crippen molar-refractivity contribution in [3.05, 3.63) is 168 Å². The van der Waals surface area contributed by atoms with Gasteiger partial charge >= 0.3 is 0 Å². The van der Waals surface area contributed by atoms with E-state index in [9.17, 15) is 0 Å². The van der Waals surface area contributed by atoms with Crippen LogP contribution in [0.4, 0.5) is 11.4 Å². The molecule has 5 rings (SSSR count). The van der Waals surface area contributed by atoms with E-state index in [1.165, 1.54) is 0 Å². The predicted molar refractivity (Wildman–Crippen MR) is 154 cm³/mol. The molecular formula is C34H28N2O2. The van der Waals surface area contributed by atoms with Crippen LogP contribution in [0.15, 0.2) is 156 Å². The lowest BCUT2D eigenvalue weighted by molar-refractivity contribution is 0.293. The topological polar surface area (TPSA) is 43.2 Å². The highest BCUT2D eigenvalue weighted by atomic mass is 16.5. The average molecular weight is 497 g/mol. The van der Waals surface area contributed by atoms with Crippen LogP contribution >= 0.6 is 0 Å². The maximum Gasteiger partial charge on any atom is 0.221 e. The van der Waals surface area contributed by atoms with Gasteiger partial charge in [-0.05, 0) is 59.7 Å². The second kappa shape index (κ2) is 12.8. The zero-order valence-electron chi connectivity index (χ0n) is 21.0. The summed E-state index contributed by atoms with van der Waals surface area (Å²) in [6.45, 7) is 0.881. The van der Waals surface area contributed by atoms with E-state index < -0.39 is 0 Å². The van der Waals surface area contributed by atoms with E-state index in [1.807, 2.05) is 146 Å². The lowest BCUT2D eigenvalue weighted by Gasteiger charge is -2.11. The summed E-state index contributed by atoms with van der Waals surface area (Å²) in [5.41, 5.74) is 5.58. The molecule has 0 spiro atoms. The van der Waals surface area contributed by atoms with Crippen molar-refractivity contribution in [1.82, 2.24) is 0 Å². The molecule has 0 radical (unpaired) electrons. The monoisotopic (exact) mass is 496 g/mol. The molecule has 0 atom stereocenters. The fraction of sp³-hybridized carbons (Fsp3) is 0.0588. The highest BCUT2D eigenvalue weighted by molar-refractivity contribution is 5.96. The van der Waals surface area contributed by atoms with Crippen molar-refractivity contribution in [2.75, 3.05) is 0 Å².